The van der Waals surface area contributed by atoms with Gasteiger partial charge in [0.25, 0.3) is 0 Å². The Morgan fingerprint density at radius 1 is 0.490 bits per heavy atom. The maximum absolute atomic E-state index is 6.51. The molecule has 4 heteroatoms. The van der Waals surface area contributed by atoms with Crippen molar-refractivity contribution in [1.29, 1.82) is 0 Å². The summed E-state index contributed by atoms with van der Waals surface area (Å²) in [6.07, 6.45) is 6.59. The molecule has 0 N–H and O–H groups in total. The topological polar surface area (TPSA) is 47.9 Å². The number of ether oxygens (including phenoxy) is 1. The standard InChI is InChI=1S/C45H29N3O/c1-3-10-28(11-4-1)33-24-25-39-38(26-33)42-36(16-9-17-40(42)49-39)45-47-43(32-13-5-2-6-14-32)46-44(48-45)34-23-20-30-19-22-31-21-18-29-12-7-8-15-35(29)41(31)37(30)27-34/h1-27,38-39H. The van der Waals surface area contributed by atoms with Crippen LogP contribution in [0.1, 0.15) is 17.0 Å². The zero-order valence-corrected chi connectivity index (χ0v) is 26.5. The van der Waals surface area contributed by atoms with E-state index in [0.29, 0.717) is 17.5 Å². The first-order valence-corrected chi connectivity index (χ1v) is 16.7. The summed E-state index contributed by atoms with van der Waals surface area (Å²) in [5, 5.41) is 7.28. The molecule has 4 nitrogen and oxygen atoms in total. The summed E-state index contributed by atoms with van der Waals surface area (Å²) in [6, 6.07) is 50.9. The fraction of sp³-hybridized carbons (Fsp3) is 0.0444. The van der Waals surface area contributed by atoms with Crippen LogP contribution in [0.3, 0.4) is 0 Å². The van der Waals surface area contributed by atoms with Gasteiger partial charge in [-0.25, -0.2) is 15.0 Å². The van der Waals surface area contributed by atoms with E-state index in [9.17, 15) is 0 Å². The van der Waals surface area contributed by atoms with Crippen molar-refractivity contribution in [2.45, 2.75) is 12.0 Å². The van der Waals surface area contributed by atoms with Crippen LogP contribution in [-0.2, 0) is 0 Å². The summed E-state index contributed by atoms with van der Waals surface area (Å²) >= 11 is 0. The van der Waals surface area contributed by atoms with Crippen molar-refractivity contribution in [2.75, 3.05) is 0 Å². The van der Waals surface area contributed by atoms with Crippen LogP contribution in [0.15, 0.2) is 164 Å². The molecule has 1 aliphatic heterocycles. The Balaban J connectivity index is 1.17. The quantitative estimate of drug-likeness (QED) is 0.182. The zero-order chi connectivity index (χ0) is 32.3. The van der Waals surface area contributed by atoms with E-state index in [0.717, 1.165) is 28.0 Å². The molecule has 0 amide bonds. The summed E-state index contributed by atoms with van der Waals surface area (Å²) < 4.78 is 6.51. The van der Waals surface area contributed by atoms with Crippen molar-refractivity contribution >= 4 is 37.9 Å². The molecule has 0 saturated heterocycles. The number of aromatic nitrogens is 3. The third kappa shape index (κ3) is 4.64. The fourth-order valence-corrected chi connectivity index (χ4v) is 7.48. The van der Waals surface area contributed by atoms with Crippen LogP contribution in [-0.4, -0.2) is 21.1 Å². The highest BCUT2D eigenvalue weighted by molar-refractivity contribution is 6.20. The molecule has 2 atom stereocenters. The highest BCUT2D eigenvalue weighted by atomic mass is 16.5. The molecular weight excluding hydrogens is 599 g/mol. The number of fused-ring (bicyclic) bond motifs is 8. The molecule has 0 radical (unpaired) electrons. The highest BCUT2D eigenvalue weighted by Crippen LogP contribution is 2.47. The molecule has 7 aromatic carbocycles. The van der Waals surface area contributed by atoms with Crippen LogP contribution in [0.5, 0.6) is 5.75 Å². The number of hydrogen-bond acceptors (Lipinski definition) is 4. The maximum Gasteiger partial charge on any atom is 0.164 e. The van der Waals surface area contributed by atoms with Crippen molar-refractivity contribution in [2.24, 2.45) is 0 Å². The van der Waals surface area contributed by atoms with Crippen molar-refractivity contribution < 1.29 is 4.74 Å². The second-order valence-electron chi connectivity index (χ2n) is 12.7. The van der Waals surface area contributed by atoms with E-state index in [1.165, 1.54) is 43.5 Å². The average molecular weight is 628 g/mol. The lowest BCUT2D eigenvalue weighted by Crippen LogP contribution is -2.17. The zero-order valence-electron chi connectivity index (χ0n) is 26.5. The van der Waals surface area contributed by atoms with Gasteiger partial charge >= 0.3 is 0 Å². The van der Waals surface area contributed by atoms with Gasteiger partial charge in [-0.1, -0.05) is 146 Å². The van der Waals surface area contributed by atoms with Crippen LogP contribution in [0.25, 0.3) is 72.1 Å². The summed E-state index contributed by atoms with van der Waals surface area (Å²) in [5.41, 5.74) is 6.33. The lowest BCUT2D eigenvalue weighted by Gasteiger charge is -2.19. The Morgan fingerprint density at radius 2 is 1.14 bits per heavy atom. The smallest absolute Gasteiger partial charge is 0.164 e. The third-order valence-corrected chi connectivity index (χ3v) is 9.84. The first kappa shape index (κ1) is 27.7. The molecule has 49 heavy (non-hydrogen) atoms. The molecule has 2 heterocycles. The molecule has 2 aliphatic rings. The molecule has 230 valence electrons. The number of hydrogen-bond donors (Lipinski definition) is 0. The molecule has 8 aromatic rings. The molecule has 10 rings (SSSR count). The minimum absolute atomic E-state index is 0.0344. The van der Waals surface area contributed by atoms with Gasteiger partial charge in [0.05, 0.1) is 0 Å². The van der Waals surface area contributed by atoms with Gasteiger partial charge in [0.2, 0.25) is 0 Å². The Labute approximate surface area is 283 Å². The first-order chi connectivity index (χ1) is 24.3. The molecule has 0 saturated carbocycles. The number of rotatable bonds is 4. The van der Waals surface area contributed by atoms with E-state index in [1.807, 2.05) is 30.3 Å². The lowest BCUT2D eigenvalue weighted by atomic mass is 9.84. The van der Waals surface area contributed by atoms with E-state index >= 15 is 0 Å². The van der Waals surface area contributed by atoms with Crippen LogP contribution in [0, 0.1) is 0 Å². The highest BCUT2D eigenvalue weighted by Gasteiger charge is 2.36. The second-order valence-corrected chi connectivity index (χ2v) is 12.7. The summed E-state index contributed by atoms with van der Waals surface area (Å²) in [7, 11) is 0. The number of allylic oxidation sites excluding steroid dienone is 2. The Hall–Kier alpha value is -6.39. The third-order valence-electron chi connectivity index (χ3n) is 9.84. The van der Waals surface area contributed by atoms with Crippen LogP contribution in [0.4, 0.5) is 0 Å². The minimum atomic E-state index is -0.0814. The van der Waals surface area contributed by atoms with Gasteiger partial charge in [-0.05, 0) is 61.7 Å². The van der Waals surface area contributed by atoms with Gasteiger partial charge in [-0.15, -0.1) is 0 Å². The Kier molecular flexibility index (Phi) is 6.28. The van der Waals surface area contributed by atoms with Gasteiger partial charge in [0.15, 0.2) is 17.5 Å². The summed E-state index contributed by atoms with van der Waals surface area (Å²) in [5.74, 6) is 2.82. The second kappa shape index (κ2) is 11.1. The molecule has 1 aliphatic carbocycles. The van der Waals surface area contributed by atoms with E-state index in [-0.39, 0.29) is 12.0 Å². The van der Waals surface area contributed by atoms with Crippen molar-refractivity contribution in [3.63, 3.8) is 0 Å². The van der Waals surface area contributed by atoms with Crippen LogP contribution >= 0.6 is 0 Å². The van der Waals surface area contributed by atoms with Gasteiger partial charge in [0.1, 0.15) is 11.9 Å². The maximum atomic E-state index is 6.51. The fourth-order valence-electron chi connectivity index (χ4n) is 7.48. The predicted octanol–water partition coefficient (Wildman–Crippen LogP) is 10.8. The molecule has 1 aromatic heterocycles. The molecule has 2 unspecified atom stereocenters. The van der Waals surface area contributed by atoms with Gasteiger partial charge in [0, 0.05) is 28.2 Å². The SMILES string of the molecule is C1=CC2Oc3cccc(-c4nc(-c5ccccc5)nc(-c5ccc6ccc7ccc8ccccc8c7c6c5)n4)c3C2C=C1c1ccccc1. The van der Waals surface area contributed by atoms with E-state index in [2.05, 4.69) is 133 Å². The van der Waals surface area contributed by atoms with Crippen molar-refractivity contribution in [1.82, 2.24) is 15.0 Å². The van der Waals surface area contributed by atoms with Crippen molar-refractivity contribution in [3.8, 4) is 39.9 Å². The molecule has 0 spiro atoms. The van der Waals surface area contributed by atoms with Gasteiger partial charge in [-0.2, -0.15) is 0 Å². The Bertz CT molecular complexity index is 2640. The largest absolute Gasteiger partial charge is 0.485 e. The molecule has 0 fully saturated rings. The monoisotopic (exact) mass is 627 g/mol. The lowest BCUT2D eigenvalue weighted by molar-refractivity contribution is 0.269. The van der Waals surface area contributed by atoms with Crippen LogP contribution in [0.2, 0.25) is 0 Å². The van der Waals surface area contributed by atoms with Gasteiger partial charge in [-0.3, -0.25) is 0 Å². The van der Waals surface area contributed by atoms with Crippen molar-refractivity contribution in [3.05, 3.63) is 175 Å². The van der Waals surface area contributed by atoms with Crippen LogP contribution < -0.4 is 4.74 Å². The van der Waals surface area contributed by atoms with E-state index < -0.39 is 0 Å². The van der Waals surface area contributed by atoms with Gasteiger partial charge < -0.3 is 4.74 Å². The minimum Gasteiger partial charge on any atom is -0.485 e. The summed E-state index contributed by atoms with van der Waals surface area (Å²) in [4.78, 5) is 15.5. The molecule has 0 bridgehead atoms. The number of nitrogens with zero attached hydrogens (tertiary/aromatic N) is 3. The van der Waals surface area contributed by atoms with E-state index in [1.54, 1.807) is 0 Å². The van der Waals surface area contributed by atoms with E-state index in [4.69, 9.17) is 19.7 Å². The Morgan fingerprint density at radius 3 is 1.96 bits per heavy atom. The number of benzene rings is 7. The average Bonchev–Trinajstić information content (AvgIpc) is 3.56. The normalized spacial score (nSPS) is 16.4. The molecular formula is C45H29N3O. The summed E-state index contributed by atoms with van der Waals surface area (Å²) in [6.45, 7) is 0. The first-order valence-electron chi connectivity index (χ1n) is 16.7. The predicted molar refractivity (Wildman–Crippen MR) is 199 cm³/mol.